The molecule has 19 heavy (non-hydrogen) atoms. The molecule has 0 bridgehead atoms. The van der Waals surface area contributed by atoms with Gasteiger partial charge in [0.1, 0.15) is 12.1 Å². The van der Waals surface area contributed by atoms with Crippen molar-refractivity contribution in [1.29, 1.82) is 0 Å². The first-order valence-corrected chi connectivity index (χ1v) is 7.32. The first-order valence-electron chi connectivity index (χ1n) is 7.32. The molecular formula is C15H36N3O+. The van der Waals surface area contributed by atoms with Gasteiger partial charge < -0.3 is 15.0 Å². The molecule has 0 amide bonds. The van der Waals surface area contributed by atoms with Gasteiger partial charge in [0, 0.05) is 32.2 Å². The third kappa shape index (κ3) is 7.25. The van der Waals surface area contributed by atoms with Gasteiger partial charge in [-0.3, -0.25) is 4.90 Å². The first kappa shape index (κ1) is 18.8. The van der Waals surface area contributed by atoms with E-state index in [9.17, 15) is 0 Å². The molecule has 0 aromatic rings. The van der Waals surface area contributed by atoms with E-state index in [1.54, 1.807) is 7.11 Å². The summed E-state index contributed by atoms with van der Waals surface area (Å²) in [5, 5.41) is 2.28. The standard InChI is InChI=1S/C15H35N3O/c1-14(2,18(7)12-11-17(5)6)9-10-15(3,16-4)13-19-8/h16H,9-13H2,1-8H3/p+1. The lowest BCUT2D eigenvalue weighted by molar-refractivity contribution is -0.703. The topological polar surface area (TPSA) is 32.3 Å². The number of methoxy groups -OCH3 is 1. The fraction of sp³-hybridized carbons (Fsp3) is 1.00. The third-order valence-corrected chi connectivity index (χ3v) is 4.39. The van der Waals surface area contributed by atoms with Gasteiger partial charge >= 0.3 is 0 Å². The Morgan fingerprint density at radius 2 is 1.58 bits per heavy atom. The van der Waals surface area contributed by atoms with Crippen LogP contribution in [0, 0.1) is 0 Å². The number of hydrogen-bond donors (Lipinski definition) is 1. The number of ether oxygens (including phenoxy) is 1. The van der Waals surface area contributed by atoms with Crippen LogP contribution in [0.25, 0.3) is 0 Å². The van der Waals surface area contributed by atoms with E-state index >= 15 is 0 Å². The summed E-state index contributed by atoms with van der Waals surface area (Å²) in [4.78, 5) is 4.71. The molecule has 1 unspecified atom stereocenters. The van der Waals surface area contributed by atoms with Crippen molar-refractivity contribution >= 4 is 0 Å². The van der Waals surface area contributed by atoms with E-state index in [4.69, 9.17) is 4.74 Å². The van der Waals surface area contributed by atoms with E-state index < -0.39 is 0 Å². The van der Waals surface area contributed by atoms with Crippen molar-refractivity contribution in [1.82, 2.24) is 9.80 Å². The molecule has 0 saturated carbocycles. The molecule has 0 aromatic heterocycles. The zero-order valence-corrected chi connectivity index (χ0v) is 14.4. The normalized spacial score (nSPS) is 16.1. The van der Waals surface area contributed by atoms with E-state index in [1.165, 1.54) is 6.42 Å². The summed E-state index contributed by atoms with van der Waals surface area (Å²) in [6, 6.07) is 0. The summed E-state index contributed by atoms with van der Waals surface area (Å²) >= 11 is 0. The molecule has 0 aliphatic rings. The Bertz CT molecular complexity index is 244. The highest BCUT2D eigenvalue weighted by molar-refractivity contribution is 4.83. The molecule has 0 aliphatic heterocycles. The molecule has 4 nitrogen and oxygen atoms in total. The van der Waals surface area contributed by atoms with Gasteiger partial charge in [-0.15, -0.1) is 0 Å². The second-order valence-electron chi connectivity index (χ2n) is 6.91. The number of nitrogens with zero attached hydrogens (tertiary/aromatic N) is 2. The predicted octanol–water partition coefficient (Wildman–Crippen LogP) is 0.637. The minimum atomic E-state index is 0.189. The van der Waals surface area contributed by atoms with Gasteiger partial charge in [0.15, 0.2) is 0 Å². The second-order valence-corrected chi connectivity index (χ2v) is 6.91. The van der Waals surface area contributed by atoms with Crippen LogP contribution in [0.15, 0.2) is 0 Å². The van der Waals surface area contributed by atoms with E-state index in [0.29, 0.717) is 0 Å². The molecule has 0 aromatic carbocycles. The quantitative estimate of drug-likeness (QED) is 0.634. The Kier molecular flexibility index (Phi) is 8.13. The van der Waals surface area contributed by atoms with Crippen LogP contribution in [0.2, 0.25) is 0 Å². The maximum absolute atomic E-state index is 5.35. The zero-order valence-electron chi connectivity index (χ0n) is 14.4. The molecule has 116 valence electrons. The number of hydrogen-bond acceptors (Lipinski definition) is 3. The van der Waals surface area contributed by atoms with Crippen molar-refractivity contribution < 1.29 is 10.1 Å². The molecular weight excluding hydrogens is 238 g/mol. The SMILES string of the molecule is C[NH2+]C(C)(CCC(C)(C)N(C)CCN(C)C)COC. The van der Waals surface area contributed by atoms with Crippen molar-refractivity contribution in [2.45, 2.75) is 44.7 Å². The van der Waals surface area contributed by atoms with E-state index in [0.717, 1.165) is 26.1 Å². The Morgan fingerprint density at radius 3 is 2.00 bits per heavy atom. The van der Waals surface area contributed by atoms with Gasteiger partial charge in [0.25, 0.3) is 0 Å². The summed E-state index contributed by atoms with van der Waals surface area (Å²) in [6.07, 6.45) is 2.35. The average molecular weight is 274 g/mol. The van der Waals surface area contributed by atoms with Crippen LogP contribution < -0.4 is 5.32 Å². The summed E-state index contributed by atoms with van der Waals surface area (Å²) in [6.45, 7) is 9.98. The molecule has 0 spiro atoms. The molecule has 2 N–H and O–H groups in total. The lowest BCUT2D eigenvalue weighted by Gasteiger charge is -2.38. The summed E-state index contributed by atoms with van der Waals surface area (Å²) < 4.78 is 5.35. The van der Waals surface area contributed by atoms with Crippen molar-refractivity contribution in [3.8, 4) is 0 Å². The van der Waals surface area contributed by atoms with Crippen LogP contribution in [-0.2, 0) is 4.74 Å². The highest BCUT2D eigenvalue weighted by Crippen LogP contribution is 2.22. The minimum Gasteiger partial charge on any atom is -0.378 e. The molecule has 4 heteroatoms. The van der Waals surface area contributed by atoms with Gasteiger partial charge in [-0.25, -0.2) is 0 Å². The Balaban J connectivity index is 4.34. The second kappa shape index (κ2) is 8.20. The molecule has 0 radical (unpaired) electrons. The van der Waals surface area contributed by atoms with Gasteiger partial charge in [0.05, 0.1) is 7.05 Å². The predicted molar refractivity (Wildman–Crippen MR) is 82.6 cm³/mol. The third-order valence-electron chi connectivity index (χ3n) is 4.39. The highest BCUT2D eigenvalue weighted by atomic mass is 16.5. The lowest BCUT2D eigenvalue weighted by atomic mass is 9.87. The number of nitrogens with two attached hydrogens (primary N) is 1. The van der Waals surface area contributed by atoms with E-state index in [1.807, 2.05) is 0 Å². The van der Waals surface area contributed by atoms with Crippen LogP contribution in [0.3, 0.4) is 0 Å². The number of likely N-dealkylation sites (N-methyl/N-ethyl adjacent to an activating group) is 3. The van der Waals surface area contributed by atoms with Crippen molar-refractivity contribution in [3.63, 3.8) is 0 Å². The van der Waals surface area contributed by atoms with Crippen molar-refractivity contribution in [3.05, 3.63) is 0 Å². The first-order chi connectivity index (χ1) is 8.67. The van der Waals surface area contributed by atoms with Crippen molar-refractivity contribution in [2.24, 2.45) is 0 Å². The lowest BCUT2D eigenvalue weighted by Crippen LogP contribution is -2.94. The monoisotopic (exact) mass is 274 g/mol. The average Bonchev–Trinajstić information content (AvgIpc) is 2.34. The van der Waals surface area contributed by atoms with Crippen LogP contribution in [0.4, 0.5) is 0 Å². The van der Waals surface area contributed by atoms with Gasteiger partial charge in [-0.2, -0.15) is 0 Å². The van der Waals surface area contributed by atoms with Crippen LogP contribution in [0.5, 0.6) is 0 Å². The minimum absolute atomic E-state index is 0.189. The smallest absolute Gasteiger partial charge is 0.117 e. The molecule has 0 saturated heterocycles. The number of quaternary nitrogens is 1. The molecule has 0 heterocycles. The Hall–Kier alpha value is -0.160. The summed E-state index contributed by atoms with van der Waals surface area (Å²) in [5.74, 6) is 0. The highest BCUT2D eigenvalue weighted by Gasteiger charge is 2.31. The van der Waals surface area contributed by atoms with E-state index in [-0.39, 0.29) is 11.1 Å². The summed E-state index contributed by atoms with van der Waals surface area (Å²) in [7, 11) is 10.4. The fourth-order valence-corrected chi connectivity index (χ4v) is 2.06. The maximum Gasteiger partial charge on any atom is 0.117 e. The maximum atomic E-state index is 5.35. The number of rotatable bonds is 10. The molecule has 0 aliphatic carbocycles. The Labute approximate surface area is 120 Å². The van der Waals surface area contributed by atoms with Crippen LogP contribution in [0.1, 0.15) is 33.6 Å². The largest absolute Gasteiger partial charge is 0.378 e. The van der Waals surface area contributed by atoms with Gasteiger partial charge in [-0.05, 0) is 48.3 Å². The molecule has 0 fully saturated rings. The van der Waals surface area contributed by atoms with Gasteiger partial charge in [0.2, 0.25) is 0 Å². The fourth-order valence-electron chi connectivity index (χ4n) is 2.06. The van der Waals surface area contributed by atoms with Gasteiger partial charge in [-0.1, -0.05) is 0 Å². The summed E-state index contributed by atoms with van der Waals surface area (Å²) in [5.41, 5.74) is 0.419. The van der Waals surface area contributed by atoms with Crippen LogP contribution in [-0.4, -0.2) is 75.9 Å². The zero-order chi connectivity index (χ0) is 15.1. The van der Waals surface area contributed by atoms with E-state index in [2.05, 4.69) is 64.1 Å². The Morgan fingerprint density at radius 1 is 1.00 bits per heavy atom. The van der Waals surface area contributed by atoms with Crippen molar-refractivity contribution in [2.75, 3.05) is 55.0 Å². The molecule has 1 atom stereocenters. The molecule has 0 rings (SSSR count). The van der Waals surface area contributed by atoms with Crippen LogP contribution >= 0.6 is 0 Å².